The van der Waals surface area contributed by atoms with Gasteiger partial charge in [0.1, 0.15) is 5.56 Å². The minimum Gasteiger partial charge on any atom is -0.365 e. The number of nitrogens with zero attached hydrogens (tertiary/aromatic N) is 1. The van der Waals surface area contributed by atoms with E-state index in [1.54, 1.807) is 25.1 Å². The van der Waals surface area contributed by atoms with Crippen LogP contribution in [0.4, 0.5) is 17.5 Å². The average Bonchev–Trinajstić information content (AvgIpc) is 2.70. The molecule has 2 aromatic rings. The number of primary amides is 1. The van der Waals surface area contributed by atoms with Crippen molar-refractivity contribution in [3.63, 3.8) is 0 Å². The Bertz CT molecular complexity index is 1020. The molecule has 0 bridgehead atoms. The van der Waals surface area contributed by atoms with Crippen molar-refractivity contribution in [1.82, 2.24) is 9.97 Å². The summed E-state index contributed by atoms with van der Waals surface area (Å²) in [7, 11) is 0. The first-order chi connectivity index (χ1) is 14.3. The van der Waals surface area contributed by atoms with Crippen LogP contribution in [0.2, 0.25) is 0 Å². The summed E-state index contributed by atoms with van der Waals surface area (Å²) in [5, 5.41) is 6.15. The number of hydrogen-bond donors (Lipinski definition) is 5. The summed E-state index contributed by atoms with van der Waals surface area (Å²) in [6, 6.07) is 5.15. The molecule has 1 aliphatic rings. The van der Waals surface area contributed by atoms with E-state index < -0.39 is 11.5 Å². The molecule has 0 radical (unpaired) electrons. The Morgan fingerprint density at radius 2 is 2.00 bits per heavy atom. The minimum atomic E-state index is -0.899. The normalized spacial score (nSPS) is 18.6. The number of ketones is 1. The van der Waals surface area contributed by atoms with Crippen LogP contribution < -0.4 is 27.7 Å². The molecule has 160 valence electrons. The minimum absolute atomic E-state index is 0.00113. The van der Waals surface area contributed by atoms with E-state index in [4.69, 9.17) is 11.5 Å². The highest BCUT2D eigenvalue weighted by atomic mass is 16.2. The van der Waals surface area contributed by atoms with Crippen molar-refractivity contribution in [3.05, 3.63) is 45.2 Å². The van der Waals surface area contributed by atoms with Crippen LogP contribution in [0.5, 0.6) is 0 Å². The molecule has 1 heterocycles. The summed E-state index contributed by atoms with van der Waals surface area (Å²) in [6.07, 6.45) is 4.24. The van der Waals surface area contributed by atoms with E-state index in [9.17, 15) is 14.4 Å². The lowest BCUT2D eigenvalue weighted by molar-refractivity contribution is 0.0983. The number of carbonyl (C=O) groups excluding carboxylic acids is 2. The number of benzene rings is 1. The number of Topliss-reactive ketones (excluding diaryl/α,β-unsaturated/α-hetero) is 1. The highest BCUT2D eigenvalue weighted by molar-refractivity contribution is 5.99. The third-order valence-electron chi connectivity index (χ3n) is 5.43. The van der Waals surface area contributed by atoms with E-state index in [1.165, 1.54) is 0 Å². The molecule has 3 rings (SSSR count). The van der Waals surface area contributed by atoms with E-state index in [1.807, 2.05) is 6.92 Å². The lowest BCUT2D eigenvalue weighted by Crippen LogP contribution is -2.43. The van der Waals surface area contributed by atoms with Gasteiger partial charge in [0.15, 0.2) is 11.6 Å². The van der Waals surface area contributed by atoms with E-state index >= 15 is 0 Å². The number of amides is 1. The SMILES string of the molecule is CCC(=O)c1cc(Nc2nc(N[C@H]3CCCC[C@@H]3N)[nH]c(=O)c2C(N)=O)ccc1C. The van der Waals surface area contributed by atoms with Gasteiger partial charge in [-0.1, -0.05) is 25.8 Å². The van der Waals surface area contributed by atoms with Crippen LogP contribution in [0.15, 0.2) is 23.0 Å². The maximum Gasteiger partial charge on any atom is 0.267 e. The van der Waals surface area contributed by atoms with Crippen molar-refractivity contribution in [1.29, 1.82) is 0 Å². The predicted octanol–water partition coefficient (Wildman–Crippen LogP) is 2.20. The molecular formula is C21H28N6O3. The fourth-order valence-electron chi connectivity index (χ4n) is 3.70. The largest absolute Gasteiger partial charge is 0.365 e. The number of aromatic nitrogens is 2. The van der Waals surface area contributed by atoms with Gasteiger partial charge >= 0.3 is 0 Å². The van der Waals surface area contributed by atoms with E-state index in [0.29, 0.717) is 17.7 Å². The molecule has 1 aromatic heterocycles. The summed E-state index contributed by atoms with van der Waals surface area (Å²) in [5.41, 5.74) is 12.6. The molecular weight excluding hydrogens is 384 g/mol. The van der Waals surface area contributed by atoms with Gasteiger partial charge in [-0.3, -0.25) is 19.4 Å². The summed E-state index contributed by atoms with van der Waals surface area (Å²) in [6.45, 7) is 3.64. The fourth-order valence-corrected chi connectivity index (χ4v) is 3.70. The molecule has 30 heavy (non-hydrogen) atoms. The van der Waals surface area contributed by atoms with Crippen LogP contribution in [0.3, 0.4) is 0 Å². The Balaban J connectivity index is 1.96. The molecule has 1 saturated carbocycles. The molecule has 1 amide bonds. The molecule has 1 fully saturated rings. The number of aryl methyl sites for hydroxylation is 1. The second-order valence-electron chi connectivity index (χ2n) is 7.63. The van der Waals surface area contributed by atoms with Gasteiger partial charge in [0, 0.05) is 29.8 Å². The molecule has 7 N–H and O–H groups in total. The van der Waals surface area contributed by atoms with Crippen molar-refractivity contribution in [2.24, 2.45) is 11.5 Å². The molecule has 1 aromatic carbocycles. The molecule has 2 atom stereocenters. The number of nitrogens with two attached hydrogens (primary N) is 2. The average molecular weight is 412 g/mol. The summed E-state index contributed by atoms with van der Waals surface area (Å²) >= 11 is 0. The maximum absolute atomic E-state index is 12.5. The van der Waals surface area contributed by atoms with Crippen LogP contribution in [-0.4, -0.2) is 33.7 Å². The zero-order valence-corrected chi connectivity index (χ0v) is 17.2. The maximum atomic E-state index is 12.5. The molecule has 9 nitrogen and oxygen atoms in total. The number of nitrogens with one attached hydrogen (secondary N) is 3. The zero-order chi connectivity index (χ0) is 21.8. The van der Waals surface area contributed by atoms with Crippen LogP contribution >= 0.6 is 0 Å². The van der Waals surface area contributed by atoms with Crippen molar-refractivity contribution < 1.29 is 9.59 Å². The third kappa shape index (κ3) is 4.68. The molecule has 1 aliphatic carbocycles. The van der Waals surface area contributed by atoms with Gasteiger partial charge in [0.25, 0.3) is 11.5 Å². The van der Waals surface area contributed by atoms with Gasteiger partial charge in [0.05, 0.1) is 0 Å². The summed E-state index contributed by atoms with van der Waals surface area (Å²) < 4.78 is 0. The summed E-state index contributed by atoms with van der Waals surface area (Å²) in [4.78, 5) is 43.5. The highest BCUT2D eigenvalue weighted by Crippen LogP contribution is 2.23. The molecule has 0 spiro atoms. The van der Waals surface area contributed by atoms with Gasteiger partial charge in [-0.05, 0) is 37.5 Å². The number of H-pyrrole nitrogens is 1. The number of anilines is 3. The Kier molecular flexibility index (Phi) is 6.51. The first-order valence-corrected chi connectivity index (χ1v) is 10.2. The smallest absolute Gasteiger partial charge is 0.267 e. The number of rotatable bonds is 7. The number of carbonyl (C=O) groups is 2. The van der Waals surface area contributed by atoms with Crippen LogP contribution in [0.1, 0.15) is 65.3 Å². The molecule has 0 unspecified atom stereocenters. The van der Waals surface area contributed by atoms with Gasteiger partial charge < -0.3 is 22.1 Å². The monoisotopic (exact) mass is 412 g/mol. The van der Waals surface area contributed by atoms with E-state index in [0.717, 1.165) is 31.2 Å². The van der Waals surface area contributed by atoms with Gasteiger partial charge in [-0.2, -0.15) is 4.98 Å². The number of hydrogen-bond acceptors (Lipinski definition) is 7. The van der Waals surface area contributed by atoms with Crippen molar-refractivity contribution in [2.75, 3.05) is 10.6 Å². The Morgan fingerprint density at radius 3 is 2.67 bits per heavy atom. The third-order valence-corrected chi connectivity index (χ3v) is 5.43. The quantitative estimate of drug-likeness (QED) is 0.436. The molecule has 0 saturated heterocycles. The van der Waals surface area contributed by atoms with E-state index in [-0.39, 0.29) is 35.2 Å². The fraction of sp³-hybridized carbons (Fsp3) is 0.429. The zero-order valence-electron chi connectivity index (χ0n) is 17.2. The van der Waals surface area contributed by atoms with Crippen molar-refractivity contribution in [2.45, 2.75) is 58.0 Å². The Morgan fingerprint density at radius 1 is 1.27 bits per heavy atom. The van der Waals surface area contributed by atoms with E-state index in [2.05, 4.69) is 20.6 Å². The Labute approximate surface area is 174 Å². The first kappa shape index (κ1) is 21.5. The summed E-state index contributed by atoms with van der Waals surface area (Å²) in [5.74, 6) is -0.661. The Hall–Kier alpha value is -3.20. The predicted molar refractivity (Wildman–Crippen MR) is 116 cm³/mol. The van der Waals surface area contributed by atoms with Gasteiger partial charge in [-0.15, -0.1) is 0 Å². The van der Waals surface area contributed by atoms with Crippen LogP contribution in [0.25, 0.3) is 0 Å². The van der Waals surface area contributed by atoms with Gasteiger partial charge in [-0.25, -0.2) is 0 Å². The lowest BCUT2D eigenvalue weighted by Gasteiger charge is -2.29. The van der Waals surface area contributed by atoms with Gasteiger partial charge in [0.2, 0.25) is 5.95 Å². The molecule has 9 heteroatoms. The van der Waals surface area contributed by atoms with Crippen LogP contribution in [-0.2, 0) is 0 Å². The first-order valence-electron chi connectivity index (χ1n) is 10.2. The van der Waals surface area contributed by atoms with Crippen molar-refractivity contribution in [3.8, 4) is 0 Å². The second-order valence-corrected chi connectivity index (χ2v) is 7.63. The molecule has 0 aliphatic heterocycles. The van der Waals surface area contributed by atoms with Crippen LogP contribution in [0, 0.1) is 6.92 Å². The lowest BCUT2D eigenvalue weighted by atomic mass is 9.91. The topological polar surface area (TPSA) is 156 Å². The second kappa shape index (κ2) is 9.08. The van der Waals surface area contributed by atoms with Crippen molar-refractivity contribution >= 4 is 29.1 Å². The highest BCUT2D eigenvalue weighted by Gasteiger charge is 2.24. The standard InChI is InChI=1S/C21H28N6O3/c1-3-16(28)13-10-12(9-8-11(13)2)24-19-17(18(23)29)20(30)27-21(26-19)25-15-7-5-4-6-14(15)22/h8-10,14-15H,3-7,22H2,1-2H3,(H2,23,29)(H3,24,25,26,27,30)/t14-,15-/m0/s1. The number of aromatic amines is 1.